The summed E-state index contributed by atoms with van der Waals surface area (Å²) in [5.74, 6) is -1.33. The predicted octanol–water partition coefficient (Wildman–Crippen LogP) is 2.62. The van der Waals surface area contributed by atoms with E-state index in [1.54, 1.807) is 43.3 Å². The fourth-order valence-corrected chi connectivity index (χ4v) is 3.35. The van der Waals surface area contributed by atoms with Gasteiger partial charge in [-0.25, -0.2) is 4.79 Å². The van der Waals surface area contributed by atoms with E-state index in [1.165, 1.54) is 20.3 Å². The largest absolute Gasteiger partial charge is 0.508 e. The molecule has 0 aliphatic heterocycles. The van der Waals surface area contributed by atoms with Gasteiger partial charge >= 0.3 is 11.9 Å². The number of hydrogen-bond acceptors (Lipinski definition) is 8. The minimum Gasteiger partial charge on any atom is -0.508 e. The Balaban J connectivity index is 2.07. The van der Waals surface area contributed by atoms with Crippen molar-refractivity contribution in [3.63, 3.8) is 0 Å². The number of Topliss-reactive ketones (excluding diaryl/α,β-unsaturated/α-hetero) is 1. The van der Waals surface area contributed by atoms with E-state index < -0.39 is 36.2 Å². The number of aryl methyl sites for hydroxylation is 1. The highest BCUT2D eigenvalue weighted by Crippen LogP contribution is 2.24. The number of para-hydroxylation sites is 1. The monoisotopic (exact) mass is 458 g/mol. The molecule has 2 rings (SSSR count). The summed E-state index contributed by atoms with van der Waals surface area (Å²) in [6.45, 7) is 1.97. The summed E-state index contributed by atoms with van der Waals surface area (Å²) in [5.41, 5.74) is 1.42. The minimum absolute atomic E-state index is 0.118. The average Bonchev–Trinajstić information content (AvgIpc) is 2.80. The van der Waals surface area contributed by atoms with E-state index in [-0.39, 0.29) is 11.3 Å². The zero-order valence-corrected chi connectivity index (χ0v) is 19.0. The van der Waals surface area contributed by atoms with Crippen molar-refractivity contribution < 1.29 is 34.1 Å². The number of ketones is 1. The van der Waals surface area contributed by atoms with Crippen LogP contribution in [0.1, 0.15) is 35.7 Å². The molecular formula is C24H30N2O7. The molecule has 0 aromatic heterocycles. The van der Waals surface area contributed by atoms with Crippen molar-refractivity contribution in [1.82, 2.24) is 5.32 Å². The van der Waals surface area contributed by atoms with Gasteiger partial charge in [0.15, 0.2) is 5.78 Å². The number of ether oxygens (including phenoxy) is 2. The predicted molar refractivity (Wildman–Crippen MR) is 123 cm³/mol. The van der Waals surface area contributed by atoms with Crippen molar-refractivity contribution in [3.8, 4) is 11.5 Å². The number of methoxy groups -OCH3 is 2. The van der Waals surface area contributed by atoms with Crippen LogP contribution >= 0.6 is 0 Å². The molecule has 0 spiro atoms. The second-order valence-electron chi connectivity index (χ2n) is 7.50. The smallest absolute Gasteiger partial charge is 0.327 e. The maximum atomic E-state index is 13.2. The highest BCUT2D eigenvalue weighted by molar-refractivity contribution is 6.06. The summed E-state index contributed by atoms with van der Waals surface area (Å²) < 4.78 is 9.78. The quantitative estimate of drug-likeness (QED) is 0.203. The molecule has 33 heavy (non-hydrogen) atoms. The molecule has 2 atom stereocenters. The number of phenolic OH excluding ortho intramolecular Hbond substituents is 1. The Kier molecular flexibility index (Phi) is 9.68. The summed E-state index contributed by atoms with van der Waals surface area (Å²) in [6, 6.07) is 10.0. The van der Waals surface area contributed by atoms with Crippen molar-refractivity contribution in [2.75, 3.05) is 26.1 Å². The molecule has 178 valence electrons. The zero-order valence-electron chi connectivity index (χ0n) is 19.0. The third-order valence-corrected chi connectivity index (χ3v) is 5.12. The molecule has 0 heterocycles. The number of phenols is 1. The molecule has 0 saturated carbocycles. The number of carboxylic acid groups (broad SMARTS) is 1. The Labute approximate surface area is 192 Å². The van der Waals surface area contributed by atoms with Crippen LogP contribution < -0.4 is 15.4 Å². The van der Waals surface area contributed by atoms with Gasteiger partial charge in [0, 0.05) is 17.3 Å². The summed E-state index contributed by atoms with van der Waals surface area (Å²) in [7, 11) is 2.79. The lowest BCUT2D eigenvalue weighted by Crippen LogP contribution is -2.40. The zero-order chi connectivity index (χ0) is 24.4. The summed E-state index contributed by atoms with van der Waals surface area (Å²) >= 11 is 0. The van der Waals surface area contributed by atoms with E-state index in [0.717, 1.165) is 5.56 Å². The number of esters is 1. The Bertz CT molecular complexity index is 977. The summed E-state index contributed by atoms with van der Waals surface area (Å²) in [6.07, 6.45) is 0.710. The number of carbonyl (C=O) groups is 3. The highest BCUT2D eigenvalue weighted by Gasteiger charge is 2.25. The van der Waals surface area contributed by atoms with Crippen molar-refractivity contribution in [1.29, 1.82) is 0 Å². The number of carboxylic acids is 1. The lowest BCUT2D eigenvalue weighted by molar-refractivity contribution is -0.141. The third kappa shape index (κ3) is 7.50. The van der Waals surface area contributed by atoms with Gasteiger partial charge in [-0.3, -0.25) is 9.59 Å². The summed E-state index contributed by atoms with van der Waals surface area (Å²) in [5, 5.41) is 25.3. The molecule has 1 unspecified atom stereocenters. The number of benzene rings is 2. The number of hydrogen-bond donors (Lipinski definition) is 4. The van der Waals surface area contributed by atoms with E-state index in [1.807, 2.05) is 0 Å². The van der Waals surface area contributed by atoms with Gasteiger partial charge in [0.1, 0.15) is 17.5 Å². The van der Waals surface area contributed by atoms with Crippen LogP contribution in [0.25, 0.3) is 0 Å². The van der Waals surface area contributed by atoms with Gasteiger partial charge in [-0.05, 0) is 50.1 Å². The van der Waals surface area contributed by atoms with Crippen LogP contribution in [-0.4, -0.2) is 60.8 Å². The number of carbonyl (C=O) groups excluding carboxylic acids is 2. The molecule has 0 aliphatic rings. The van der Waals surface area contributed by atoms with Crippen LogP contribution in [0.2, 0.25) is 0 Å². The topological polar surface area (TPSA) is 134 Å². The van der Waals surface area contributed by atoms with Crippen molar-refractivity contribution in [2.45, 2.75) is 38.3 Å². The van der Waals surface area contributed by atoms with E-state index in [0.29, 0.717) is 30.8 Å². The van der Waals surface area contributed by atoms with E-state index in [4.69, 9.17) is 9.47 Å². The normalized spacial score (nSPS) is 12.5. The molecule has 4 N–H and O–H groups in total. The van der Waals surface area contributed by atoms with Gasteiger partial charge in [-0.1, -0.05) is 18.2 Å². The van der Waals surface area contributed by atoms with Gasteiger partial charge in [0.25, 0.3) is 0 Å². The molecule has 0 saturated heterocycles. The van der Waals surface area contributed by atoms with Gasteiger partial charge in [0.05, 0.1) is 26.7 Å². The Morgan fingerprint density at radius 1 is 1.09 bits per heavy atom. The first-order chi connectivity index (χ1) is 15.8. The Hall–Kier alpha value is -3.59. The van der Waals surface area contributed by atoms with Crippen LogP contribution in [0.4, 0.5) is 5.69 Å². The average molecular weight is 459 g/mol. The molecule has 0 amide bonds. The van der Waals surface area contributed by atoms with Crippen molar-refractivity contribution in [2.24, 2.45) is 0 Å². The first-order valence-electron chi connectivity index (χ1n) is 10.6. The van der Waals surface area contributed by atoms with Crippen molar-refractivity contribution in [3.05, 3.63) is 53.6 Å². The number of aromatic hydroxyl groups is 1. The molecular weight excluding hydrogens is 428 g/mol. The van der Waals surface area contributed by atoms with Gasteiger partial charge in [-0.2, -0.15) is 0 Å². The molecule has 2 aromatic carbocycles. The molecule has 0 fully saturated rings. The van der Waals surface area contributed by atoms with Crippen molar-refractivity contribution >= 4 is 23.4 Å². The lowest BCUT2D eigenvalue weighted by Gasteiger charge is -2.20. The first-order valence-corrected chi connectivity index (χ1v) is 10.6. The fourth-order valence-electron chi connectivity index (χ4n) is 3.35. The summed E-state index contributed by atoms with van der Waals surface area (Å²) in [4.78, 5) is 36.3. The van der Waals surface area contributed by atoms with Gasteiger partial charge < -0.3 is 30.3 Å². The van der Waals surface area contributed by atoms with Gasteiger partial charge in [0.2, 0.25) is 0 Å². The van der Waals surface area contributed by atoms with Crippen LogP contribution in [0, 0.1) is 0 Å². The standard InChI is InChI=1S/C24H30N2O7/c1-15(24(31)33-3)26-19-9-5-4-8-18(19)23(30)20(14-22(28)29)25-12-6-7-16-10-11-17(32-2)13-21(16)27/h4-5,8-11,13,15,20,25-27H,6-7,12,14H2,1-3H3,(H,28,29)/t15?,20-/m0/s1. The van der Waals surface area contributed by atoms with E-state index in [2.05, 4.69) is 10.6 Å². The van der Waals surface area contributed by atoms with Crippen LogP contribution in [-0.2, 0) is 20.7 Å². The molecule has 9 nitrogen and oxygen atoms in total. The van der Waals surface area contributed by atoms with Gasteiger partial charge in [-0.15, -0.1) is 0 Å². The molecule has 0 aliphatic carbocycles. The second-order valence-corrected chi connectivity index (χ2v) is 7.50. The number of aliphatic carboxylic acids is 1. The minimum atomic E-state index is -1.11. The molecule has 0 radical (unpaired) electrons. The molecule has 2 aromatic rings. The third-order valence-electron chi connectivity index (χ3n) is 5.12. The fraction of sp³-hybridized carbons (Fsp3) is 0.375. The lowest BCUT2D eigenvalue weighted by atomic mass is 9.99. The molecule has 9 heteroatoms. The SMILES string of the molecule is COC(=O)C(C)Nc1ccccc1C(=O)[C@H](CC(=O)O)NCCCc1ccc(OC)cc1O. The first kappa shape index (κ1) is 25.7. The van der Waals surface area contributed by atoms with E-state index >= 15 is 0 Å². The van der Waals surface area contributed by atoms with E-state index in [9.17, 15) is 24.6 Å². The van der Waals surface area contributed by atoms with Crippen LogP contribution in [0.15, 0.2) is 42.5 Å². The number of rotatable bonds is 13. The maximum absolute atomic E-state index is 13.2. The van der Waals surface area contributed by atoms with Crippen LogP contribution in [0.5, 0.6) is 11.5 Å². The number of anilines is 1. The Morgan fingerprint density at radius 2 is 1.82 bits per heavy atom. The Morgan fingerprint density at radius 3 is 2.45 bits per heavy atom. The number of nitrogens with one attached hydrogen (secondary N) is 2. The molecule has 0 bridgehead atoms. The highest BCUT2D eigenvalue weighted by atomic mass is 16.5. The second kappa shape index (κ2) is 12.4. The van der Waals surface area contributed by atoms with Crippen LogP contribution in [0.3, 0.4) is 0 Å². The maximum Gasteiger partial charge on any atom is 0.327 e.